The molecule has 2 fully saturated rings. The first kappa shape index (κ1) is 26.0. The van der Waals surface area contributed by atoms with Gasteiger partial charge >= 0.3 is 0 Å². The van der Waals surface area contributed by atoms with Crippen molar-refractivity contribution in [1.82, 2.24) is 24.9 Å². The standard InChI is InChI=1S/C27H39N5O4/c1-3-24(33)30-15-10-13-22(19-30)32(27(35)23-14-8-9-16-36-23)25(20-17-28-31(4-2)18-20)26(34)29-21-11-6-5-7-12-21/h3,14,17-18,21-22,25H,1,4-13,15-16,19H2,2H3,(H,29,34). The SMILES string of the molecule is C=CC(=O)N1CCCC(N(C(=O)C2=CCCCO2)C(C(=O)NC2CCCCC2)c2cnn(CC)c2)C1. The third kappa shape index (κ3) is 5.99. The molecular formula is C27H39N5O4. The van der Waals surface area contributed by atoms with Crippen molar-refractivity contribution in [1.29, 1.82) is 0 Å². The molecule has 36 heavy (non-hydrogen) atoms. The van der Waals surface area contributed by atoms with Crippen LogP contribution in [0.2, 0.25) is 0 Å². The third-order valence-corrected chi connectivity index (χ3v) is 7.43. The predicted octanol–water partition coefficient (Wildman–Crippen LogP) is 3.09. The Morgan fingerprint density at radius 3 is 2.69 bits per heavy atom. The molecule has 1 aromatic rings. The lowest BCUT2D eigenvalue weighted by Gasteiger charge is -2.42. The first-order valence-electron chi connectivity index (χ1n) is 13.4. The molecule has 3 heterocycles. The van der Waals surface area contributed by atoms with Gasteiger partial charge in [-0.3, -0.25) is 19.1 Å². The molecule has 1 saturated carbocycles. The zero-order valence-corrected chi connectivity index (χ0v) is 21.4. The van der Waals surface area contributed by atoms with E-state index in [0.717, 1.165) is 44.9 Å². The molecule has 1 N–H and O–H groups in total. The normalized spacial score (nSPS) is 21.6. The lowest BCUT2D eigenvalue weighted by atomic mass is 9.94. The van der Waals surface area contributed by atoms with Crippen LogP contribution in [-0.4, -0.2) is 69.1 Å². The molecule has 0 spiro atoms. The van der Waals surface area contributed by atoms with Gasteiger partial charge in [-0.1, -0.05) is 25.8 Å². The number of hydrogen-bond donors (Lipinski definition) is 1. The number of rotatable bonds is 8. The molecule has 1 aliphatic carbocycles. The Kier molecular flexibility index (Phi) is 8.83. The number of aryl methyl sites for hydroxylation is 1. The van der Waals surface area contributed by atoms with Gasteiger partial charge in [0.1, 0.15) is 6.04 Å². The largest absolute Gasteiger partial charge is 0.488 e. The zero-order chi connectivity index (χ0) is 25.5. The number of allylic oxidation sites excluding steroid dienone is 1. The predicted molar refractivity (Wildman–Crippen MR) is 136 cm³/mol. The molecule has 4 rings (SSSR count). The average molecular weight is 498 g/mol. The van der Waals surface area contributed by atoms with Crippen LogP contribution >= 0.6 is 0 Å². The molecular weight excluding hydrogens is 458 g/mol. The van der Waals surface area contributed by atoms with E-state index in [1.807, 2.05) is 19.2 Å². The summed E-state index contributed by atoms with van der Waals surface area (Å²) in [6, 6.07) is -1.11. The van der Waals surface area contributed by atoms with Gasteiger partial charge in [-0.15, -0.1) is 0 Å². The number of likely N-dealkylation sites (tertiary alicyclic amines) is 1. The summed E-state index contributed by atoms with van der Waals surface area (Å²) in [6.45, 7) is 7.70. The van der Waals surface area contributed by atoms with Crippen LogP contribution in [0.5, 0.6) is 0 Å². The Morgan fingerprint density at radius 1 is 1.22 bits per heavy atom. The minimum absolute atomic E-state index is 0.0993. The molecule has 2 unspecified atom stereocenters. The molecule has 0 aromatic carbocycles. The van der Waals surface area contributed by atoms with Gasteiger partial charge in [0.2, 0.25) is 11.8 Å². The summed E-state index contributed by atoms with van der Waals surface area (Å²) in [6.07, 6.45) is 14.9. The zero-order valence-electron chi connectivity index (χ0n) is 21.4. The summed E-state index contributed by atoms with van der Waals surface area (Å²) in [5.74, 6) is -0.385. The van der Waals surface area contributed by atoms with Crippen molar-refractivity contribution < 1.29 is 19.1 Å². The summed E-state index contributed by atoms with van der Waals surface area (Å²) < 4.78 is 7.54. The van der Waals surface area contributed by atoms with Crippen molar-refractivity contribution in [2.24, 2.45) is 0 Å². The van der Waals surface area contributed by atoms with Crippen molar-refractivity contribution in [3.8, 4) is 0 Å². The minimum atomic E-state index is -0.866. The van der Waals surface area contributed by atoms with Crippen LogP contribution in [0, 0.1) is 0 Å². The van der Waals surface area contributed by atoms with E-state index in [4.69, 9.17) is 4.74 Å². The van der Waals surface area contributed by atoms with Crippen LogP contribution in [0.3, 0.4) is 0 Å². The summed E-state index contributed by atoms with van der Waals surface area (Å²) in [4.78, 5) is 43.8. The number of nitrogens with zero attached hydrogens (tertiary/aromatic N) is 4. The fourth-order valence-electron chi connectivity index (χ4n) is 5.50. The maximum Gasteiger partial charge on any atom is 0.289 e. The second kappa shape index (κ2) is 12.2. The maximum absolute atomic E-state index is 14.0. The summed E-state index contributed by atoms with van der Waals surface area (Å²) in [5, 5.41) is 7.66. The second-order valence-electron chi connectivity index (χ2n) is 9.93. The van der Waals surface area contributed by atoms with Crippen molar-refractivity contribution in [3.05, 3.63) is 42.4 Å². The lowest BCUT2D eigenvalue weighted by Crippen LogP contribution is -2.56. The number of carbonyl (C=O) groups excluding carboxylic acids is 3. The van der Waals surface area contributed by atoms with Crippen LogP contribution in [0.1, 0.15) is 76.3 Å². The van der Waals surface area contributed by atoms with Gasteiger partial charge in [-0.25, -0.2) is 0 Å². The van der Waals surface area contributed by atoms with E-state index < -0.39 is 6.04 Å². The highest BCUT2D eigenvalue weighted by Crippen LogP contribution is 2.31. The van der Waals surface area contributed by atoms with Crippen molar-refractivity contribution in [2.45, 2.75) is 89.4 Å². The first-order valence-corrected chi connectivity index (χ1v) is 13.4. The Labute approximate surface area is 213 Å². The van der Waals surface area contributed by atoms with Gasteiger partial charge in [0, 0.05) is 37.4 Å². The average Bonchev–Trinajstić information content (AvgIpc) is 3.40. The van der Waals surface area contributed by atoms with E-state index >= 15 is 0 Å². The molecule has 0 radical (unpaired) electrons. The van der Waals surface area contributed by atoms with Crippen LogP contribution in [0.25, 0.3) is 0 Å². The monoisotopic (exact) mass is 497 g/mol. The molecule has 1 saturated heterocycles. The van der Waals surface area contributed by atoms with Gasteiger partial charge in [-0.05, 0) is 57.6 Å². The Balaban J connectivity index is 1.71. The summed E-state index contributed by atoms with van der Waals surface area (Å²) >= 11 is 0. The summed E-state index contributed by atoms with van der Waals surface area (Å²) in [5.41, 5.74) is 0.669. The van der Waals surface area contributed by atoms with Gasteiger partial charge in [0.25, 0.3) is 5.91 Å². The van der Waals surface area contributed by atoms with Gasteiger partial charge in [0.15, 0.2) is 5.76 Å². The molecule has 1 aromatic heterocycles. The Hall–Kier alpha value is -3.10. The Morgan fingerprint density at radius 2 is 2.03 bits per heavy atom. The molecule has 196 valence electrons. The molecule has 9 heteroatoms. The molecule has 9 nitrogen and oxygen atoms in total. The van der Waals surface area contributed by atoms with Gasteiger partial charge < -0.3 is 19.9 Å². The van der Waals surface area contributed by atoms with Crippen LogP contribution < -0.4 is 5.32 Å². The maximum atomic E-state index is 14.0. The van der Waals surface area contributed by atoms with E-state index in [1.54, 1.807) is 20.7 Å². The molecule has 3 amide bonds. The number of carbonyl (C=O) groups is 3. The minimum Gasteiger partial charge on any atom is -0.488 e. The number of nitrogens with one attached hydrogen (secondary N) is 1. The molecule has 2 aliphatic heterocycles. The van der Waals surface area contributed by atoms with E-state index in [9.17, 15) is 14.4 Å². The first-order chi connectivity index (χ1) is 17.5. The van der Waals surface area contributed by atoms with Crippen LogP contribution in [0.15, 0.2) is 36.9 Å². The van der Waals surface area contributed by atoms with E-state index in [1.165, 1.54) is 12.5 Å². The quantitative estimate of drug-likeness (QED) is 0.557. The highest BCUT2D eigenvalue weighted by molar-refractivity contribution is 5.96. The Bertz CT molecular complexity index is 981. The van der Waals surface area contributed by atoms with E-state index in [-0.39, 0.29) is 35.6 Å². The van der Waals surface area contributed by atoms with E-state index in [2.05, 4.69) is 17.0 Å². The van der Waals surface area contributed by atoms with Crippen molar-refractivity contribution in [2.75, 3.05) is 19.7 Å². The number of ether oxygens (including phenoxy) is 1. The van der Waals surface area contributed by atoms with Crippen molar-refractivity contribution >= 4 is 17.7 Å². The second-order valence-corrected chi connectivity index (χ2v) is 9.93. The molecule has 2 atom stereocenters. The molecule has 3 aliphatic rings. The van der Waals surface area contributed by atoms with Crippen LogP contribution in [-0.2, 0) is 25.7 Å². The topological polar surface area (TPSA) is 96.8 Å². The van der Waals surface area contributed by atoms with Crippen molar-refractivity contribution in [3.63, 3.8) is 0 Å². The smallest absolute Gasteiger partial charge is 0.289 e. The fourth-order valence-corrected chi connectivity index (χ4v) is 5.50. The number of piperidine rings is 1. The van der Waals surface area contributed by atoms with E-state index in [0.29, 0.717) is 38.2 Å². The lowest BCUT2D eigenvalue weighted by molar-refractivity contribution is -0.146. The van der Waals surface area contributed by atoms with Gasteiger partial charge in [-0.2, -0.15) is 5.10 Å². The molecule has 0 bridgehead atoms. The highest BCUT2D eigenvalue weighted by atomic mass is 16.5. The number of aromatic nitrogens is 2. The number of amides is 3. The fraction of sp³-hybridized carbons (Fsp3) is 0.630. The van der Waals surface area contributed by atoms with Gasteiger partial charge in [0.05, 0.1) is 18.8 Å². The highest BCUT2D eigenvalue weighted by Gasteiger charge is 2.41. The number of hydrogen-bond acceptors (Lipinski definition) is 5. The van der Waals surface area contributed by atoms with Crippen LogP contribution in [0.4, 0.5) is 0 Å². The third-order valence-electron chi connectivity index (χ3n) is 7.43. The summed E-state index contributed by atoms with van der Waals surface area (Å²) in [7, 11) is 0.